The van der Waals surface area contributed by atoms with Gasteiger partial charge in [-0.3, -0.25) is 4.90 Å². The summed E-state index contributed by atoms with van der Waals surface area (Å²) in [7, 11) is 0. The molecule has 0 bridgehead atoms. The van der Waals surface area contributed by atoms with Gasteiger partial charge in [0.15, 0.2) is 0 Å². The monoisotopic (exact) mass is 281 g/mol. The molecule has 4 heteroatoms. The van der Waals surface area contributed by atoms with Crippen LogP contribution >= 0.6 is 11.3 Å². The van der Waals surface area contributed by atoms with Crippen molar-refractivity contribution in [1.82, 2.24) is 9.88 Å². The lowest BCUT2D eigenvalue weighted by molar-refractivity contribution is 0.148. The molecule has 0 atom stereocenters. The lowest BCUT2D eigenvalue weighted by atomic mass is 9.90. The normalized spacial score (nSPS) is 24.0. The number of hydrogen-bond acceptors (Lipinski definition) is 4. The Kier molecular flexibility index (Phi) is 5.79. The van der Waals surface area contributed by atoms with E-state index in [1.807, 2.05) is 11.3 Å². The Hall–Kier alpha value is -0.450. The SMILES string of the molecule is CCCc1nc(CN(CC)C2CCC(N)CC2)cs1. The van der Waals surface area contributed by atoms with E-state index in [2.05, 4.69) is 24.1 Å². The quantitative estimate of drug-likeness (QED) is 0.871. The summed E-state index contributed by atoms with van der Waals surface area (Å²) in [5, 5.41) is 3.53. The van der Waals surface area contributed by atoms with Gasteiger partial charge in [0.05, 0.1) is 10.7 Å². The van der Waals surface area contributed by atoms with Crippen LogP contribution in [0.2, 0.25) is 0 Å². The molecule has 0 unspecified atom stereocenters. The standard InChI is InChI=1S/C15H27N3S/c1-3-5-15-17-13(11-19-15)10-18(4-2)14-8-6-12(16)7-9-14/h11-12,14H,3-10,16H2,1-2H3. The highest BCUT2D eigenvalue weighted by atomic mass is 32.1. The summed E-state index contributed by atoms with van der Waals surface area (Å²) in [6.07, 6.45) is 7.17. The maximum absolute atomic E-state index is 6.00. The Bertz CT molecular complexity index is 369. The molecule has 1 saturated carbocycles. The number of thiazole rings is 1. The molecule has 0 spiro atoms. The van der Waals surface area contributed by atoms with Crippen molar-refractivity contribution < 1.29 is 0 Å². The summed E-state index contributed by atoms with van der Waals surface area (Å²) in [5.74, 6) is 0. The summed E-state index contributed by atoms with van der Waals surface area (Å²) in [4.78, 5) is 7.33. The molecule has 0 aromatic carbocycles. The number of nitrogens with zero attached hydrogens (tertiary/aromatic N) is 2. The topological polar surface area (TPSA) is 42.2 Å². The van der Waals surface area contributed by atoms with Gasteiger partial charge >= 0.3 is 0 Å². The summed E-state index contributed by atoms with van der Waals surface area (Å²) in [6.45, 7) is 6.59. The van der Waals surface area contributed by atoms with Crippen molar-refractivity contribution in [3.63, 3.8) is 0 Å². The highest BCUT2D eigenvalue weighted by Gasteiger charge is 2.23. The number of aryl methyl sites for hydroxylation is 1. The van der Waals surface area contributed by atoms with Crippen molar-refractivity contribution in [1.29, 1.82) is 0 Å². The summed E-state index contributed by atoms with van der Waals surface area (Å²) in [5.41, 5.74) is 7.25. The van der Waals surface area contributed by atoms with Crippen LogP contribution in [0.15, 0.2) is 5.38 Å². The van der Waals surface area contributed by atoms with Crippen molar-refractivity contribution in [2.24, 2.45) is 5.73 Å². The molecule has 1 fully saturated rings. The largest absolute Gasteiger partial charge is 0.328 e. The van der Waals surface area contributed by atoms with E-state index in [1.54, 1.807) is 0 Å². The molecule has 2 N–H and O–H groups in total. The summed E-state index contributed by atoms with van der Waals surface area (Å²) < 4.78 is 0. The van der Waals surface area contributed by atoms with Crippen LogP contribution in [0.4, 0.5) is 0 Å². The fourth-order valence-corrected chi connectivity index (χ4v) is 3.82. The molecule has 3 nitrogen and oxygen atoms in total. The van der Waals surface area contributed by atoms with Gasteiger partial charge in [-0.1, -0.05) is 13.8 Å². The molecule has 0 radical (unpaired) electrons. The zero-order valence-electron chi connectivity index (χ0n) is 12.3. The maximum atomic E-state index is 6.00. The molecule has 0 aliphatic heterocycles. The number of nitrogens with two attached hydrogens (primary N) is 1. The Labute approximate surface area is 121 Å². The van der Waals surface area contributed by atoms with E-state index in [4.69, 9.17) is 10.7 Å². The van der Waals surface area contributed by atoms with Gasteiger partial charge in [-0.05, 0) is 45.1 Å². The molecule has 19 heavy (non-hydrogen) atoms. The van der Waals surface area contributed by atoms with Gasteiger partial charge in [0.1, 0.15) is 0 Å². The van der Waals surface area contributed by atoms with Crippen LogP contribution in [0.3, 0.4) is 0 Å². The first-order valence-corrected chi connectivity index (χ1v) is 8.53. The summed E-state index contributed by atoms with van der Waals surface area (Å²) >= 11 is 1.82. The number of aromatic nitrogens is 1. The maximum Gasteiger partial charge on any atom is 0.0928 e. The van der Waals surface area contributed by atoms with Crippen LogP contribution < -0.4 is 5.73 Å². The van der Waals surface area contributed by atoms with E-state index in [-0.39, 0.29) is 0 Å². The van der Waals surface area contributed by atoms with E-state index < -0.39 is 0 Å². The number of rotatable bonds is 6. The average molecular weight is 281 g/mol. The van der Waals surface area contributed by atoms with Crippen molar-refractivity contribution in [2.75, 3.05) is 6.54 Å². The lowest BCUT2D eigenvalue weighted by Crippen LogP contribution is -2.40. The predicted molar refractivity (Wildman–Crippen MR) is 82.4 cm³/mol. The van der Waals surface area contributed by atoms with Crippen LogP contribution in [-0.4, -0.2) is 28.5 Å². The molecule has 2 rings (SSSR count). The molecule has 108 valence electrons. The predicted octanol–water partition coefficient (Wildman–Crippen LogP) is 3.19. The Balaban J connectivity index is 1.90. The third-order valence-corrected chi connectivity index (χ3v) is 5.05. The van der Waals surface area contributed by atoms with Crippen LogP contribution in [0.5, 0.6) is 0 Å². The smallest absolute Gasteiger partial charge is 0.0928 e. The molecular weight excluding hydrogens is 254 g/mol. The molecule has 1 aliphatic rings. The van der Waals surface area contributed by atoms with Crippen LogP contribution in [0.25, 0.3) is 0 Å². The molecular formula is C15H27N3S. The minimum atomic E-state index is 0.436. The van der Waals surface area contributed by atoms with E-state index in [9.17, 15) is 0 Å². The third-order valence-electron chi connectivity index (χ3n) is 4.09. The van der Waals surface area contributed by atoms with Crippen LogP contribution in [0, 0.1) is 0 Å². The van der Waals surface area contributed by atoms with Gasteiger partial charge in [0, 0.05) is 24.0 Å². The molecule has 0 saturated heterocycles. The third kappa shape index (κ3) is 4.26. The van der Waals surface area contributed by atoms with Gasteiger partial charge in [-0.2, -0.15) is 0 Å². The van der Waals surface area contributed by atoms with E-state index in [0.717, 1.165) is 19.5 Å². The van der Waals surface area contributed by atoms with E-state index in [0.29, 0.717) is 12.1 Å². The zero-order chi connectivity index (χ0) is 13.7. The summed E-state index contributed by atoms with van der Waals surface area (Å²) in [6, 6.07) is 1.14. The molecule has 1 aromatic heterocycles. The molecule has 1 aliphatic carbocycles. The Morgan fingerprint density at radius 3 is 2.68 bits per heavy atom. The zero-order valence-corrected chi connectivity index (χ0v) is 13.1. The minimum Gasteiger partial charge on any atom is -0.328 e. The van der Waals surface area contributed by atoms with Crippen LogP contribution in [-0.2, 0) is 13.0 Å². The highest BCUT2D eigenvalue weighted by Crippen LogP contribution is 2.24. The van der Waals surface area contributed by atoms with Crippen molar-refractivity contribution >= 4 is 11.3 Å². The first kappa shape index (κ1) is 14.9. The average Bonchev–Trinajstić information content (AvgIpc) is 2.85. The highest BCUT2D eigenvalue weighted by molar-refractivity contribution is 7.09. The molecule has 0 amide bonds. The van der Waals surface area contributed by atoms with Crippen molar-refractivity contribution in [3.8, 4) is 0 Å². The van der Waals surface area contributed by atoms with Gasteiger partial charge in [0.25, 0.3) is 0 Å². The minimum absolute atomic E-state index is 0.436. The van der Waals surface area contributed by atoms with Gasteiger partial charge in [-0.25, -0.2) is 4.98 Å². The molecule has 1 heterocycles. The second kappa shape index (κ2) is 7.36. The first-order valence-electron chi connectivity index (χ1n) is 7.65. The van der Waals surface area contributed by atoms with Crippen molar-refractivity contribution in [2.45, 2.75) is 71.0 Å². The van der Waals surface area contributed by atoms with Crippen molar-refractivity contribution in [3.05, 3.63) is 16.1 Å². The van der Waals surface area contributed by atoms with Gasteiger partial charge < -0.3 is 5.73 Å². The fourth-order valence-electron chi connectivity index (χ4n) is 2.92. The van der Waals surface area contributed by atoms with Gasteiger partial charge in [-0.15, -0.1) is 11.3 Å². The second-order valence-electron chi connectivity index (χ2n) is 5.61. The molecule has 1 aromatic rings. The number of hydrogen-bond donors (Lipinski definition) is 1. The Morgan fingerprint density at radius 2 is 2.05 bits per heavy atom. The Morgan fingerprint density at radius 1 is 1.32 bits per heavy atom. The van der Waals surface area contributed by atoms with Gasteiger partial charge in [0.2, 0.25) is 0 Å². The van der Waals surface area contributed by atoms with Crippen LogP contribution in [0.1, 0.15) is 56.7 Å². The second-order valence-corrected chi connectivity index (χ2v) is 6.56. The fraction of sp³-hybridized carbons (Fsp3) is 0.800. The lowest BCUT2D eigenvalue weighted by Gasteiger charge is -2.35. The van der Waals surface area contributed by atoms with E-state index >= 15 is 0 Å². The van der Waals surface area contributed by atoms with E-state index in [1.165, 1.54) is 42.8 Å². The first-order chi connectivity index (χ1) is 9.22.